The molecule has 7 nitrogen and oxygen atoms in total. The van der Waals surface area contributed by atoms with E-state index >= 15 is 0 Å². The Bertz CT molecular complexity index is 880. The number of rotatable bonds is 5. The molecular weight excluding hydrogens is 368 g/mol. The van der Waals surface area contributed by atoms with Crippen molar-refractivity contribution >= 4 is 11.9 Å². The fraction of sp³-hybridized carbons (Fsp3) is 0.500. The molecule has 0 bridgehead atoms. The van der Waals surface area contributed by atoms with Crippen LogP contribution in [0.5, 0.6) is 11.6 Å². The van der Waals surface area contributed by atoms with Gasteiger partial charge in [0.1, 0.15) is 12.4 Å². The lowest BCUT2D eigenvalue weighted by Gasteiger charge is -2.32. The van der Waals surface area contributed by atoms with Crippen LogP contribution in [0.3, 0.4) is 0 Å². The standard InChI is InChI=1S/C22H28N4O3/c1-16-8-4-5-9-19(16)29-21-17-14-26(20(27)15-28-2)13-10-18(17)23-22(24-21)25-11-6-3-7-12-25/h4-5,8-9H,3,6-7,10-15H2,1-2H3. The highest BCUT2D eigenvalue weighted by molar-refractivity contribution is 5.77. The zero-order valence-corrected chi connectivity index (χ0v) is 17.2. The summed E-state index contributed by atoms with van der Waals surface area (Å²) in [7, 11) is 1.54. The van der Waals surface area contributed by atoms with E-state index in [1.54, 1.807) is 4.90 Å². The highest BCUT2D eigenvalue weighted by Crippen LogP contribution is 2.33. The first-order chi connectivity index (χ1) is 14.2. The normalized spacial score (nSPS) is 16.5. The SMILES string of the molecule is COCC(=O)N1CCc2nc(N3CCCCC3)nc(Oc3ccccc3C)c2C1. The third-order valence-electron chi connectivity index (χ3n) is 5.57. The smallest absolute Gasteiger partial charge is 0.248 e. The van der Waals surface area contributed by atoms with Crippen LogP contribution >= 0.6 is 0 Å². The van der Waals surface area contributed by atoms with Gasteiger partial charge in [0.2, 0.25) is 17.7 Å². The van der Waals surface area contributed by atoms with Crippen LogP contribution in [-0.4, -0.2) is 54.1 Å². The van der Waals surface area contributed by atoms with E-state index in [4.69, 9.17) is 19.4 Å². The number of hydrogen-bond donors (Lipinski definition) is 0. The summed E-state index contributed by atoms with van der Waals surface area (Å²) in [5.74, 6) is 2.04. The predicted octanol–water partition coefficient (Wildman–Crippen LogP) is 3.10. The number of aromatic nitrogens is 2. The lowest BCUT2D eigenvalue weighted by atomic mass is 10.1. The summed E-state index contributed by atoms with van der Waals surface area (Å²) in [6.07, 6.45) is 4.27. The summed E-state index contributed by atoms with van der Waals surface area (Å²) >= 11 is 0. The van der Waals surface area contributed by atoms with Crippen LogP contribution in [-0.2, 0) is 22.5 Å². The minimum Gasteiger partial charge on any atom is -0.438 e. The van der Waals surface area contributed by atoms with Crippen molar-refractivity contribution in [2.45, 2.75) is 39.2 Å². The summed E-state index contributed by atoms with van der Waals surface area (Å²) in [5.41, 5.74) is 2.91. The molecule has 1 amide bonds. The van der Waals surface area contributed by atoms with Gasteiger partial charge in [-0.2, -0.15) is 4.98 Å². The van der Waals surface area contributed by atoms with E-state index in [9.17, 15) is 4.79 Å². The number of carbonyl (C=O) groups excluding carboxylic acids is 1. The third kappa shape index (κ3) is 4.34. The molecule has 29 heavy (non-hydrogen) atoms. The van der Waals surface area contributed by atoms with Crippen LogP contribution in [0.15, 0.2) is 24.3 Å². The van der Waals surface area contributed by atoms with Crippen LogP contribution in [0.2, 0.25) is 0 Å². The van der Waals surface area contributed by atoms with Crippen LogP contribution in [0, 0.1) is 6.92 Å². The first-order valence-corrected chi connectivity index (χ1v) is 10.3. The van der Waals surface area contributed by atoms with Crippen molar-refractivity contribution in [3.05, 3.63) is 41.1 Å². The van der Waals surface area contributed by atoms with Crippen molar-refractivity contribution < 1.29 is 14.3 Å². The minimum absolute atomic E-state index is 0.0277. The molecule has 0 N–H and O–H groups in total. The van der Waals surface area contributed by atoms with Gasteiger partial charge in [0.05, 0.1) is 17.8 Å². The van der Waals surface area contributed by atoms with E-state index in [1.807, 2.05) is 31.2 Å². The Morgan fingerprint density at radius 3 is 2.66 bits per heavy atom. The van der Waals surface area contributed by atoms with Gasteiger partial charge in [0.15, 0.2) is 0 Å². The van der Waals surface area contributed by atoms with Crippen LogP contribution in [0.25, 0.3) is 0 Å². The van der Waals surface area contributed by atoms with Gasteiger partial charge in [0, 0.05) is 33.2 Å². The fourth-order valence-electron chi connectivity index (χ4n) is 3.89. The molecule has 7 heteroatoms. The van der Waals surface area contributed by atoms with Gasteiger partial charge >= 0.3 is 0 Å². The molecule has 0 spiro atoms. The molecule has 0 radical (unpaired) electrons. The Balaban J connectivity index is 1.69. The monoisotopic (exact) mass is 396 g/mol. The lowest BCUT2D eigenvalue weighted by molar-refractivity contribution is -0.136. The second-order valence-electron chi connectivity index (χ2n) is 7.67. The maximum absolute atomic E-state index is 12.4. The second kappa shape index (κ2) is 8.78. The minimum atomic E-state index is -0.0277. The number of para-hydroxylation sites is 1. The second-order valence-corrected chi connectivity index (χ2v) is 7.67. The first kappa shape index (κ1) is 19.6. The summed E-state index contributed by atoms with van der Waals surface area (Å²) in [6.45, 7) is 5.12. The predicted molar refractivity (Wildman–Crippen MR) is 110 cm³/mol. The first-order valence-electron chi connectivity index (χ1n) is 10.3. The molecule has 0 aliphatic carbocycles. The summed E-state index contributed by atoms with van der Waals surface area (Å²) in [4.78, 5) is 26.1. The molecule has 1 aromatic heterocycles. The molecule has 2 aromatic rings. The Morgan fingerprint density at radius 2 is 1.90 bits per heavy atom. The topological polar surface area (TPSA) is 67.8 Å². The third-order valence-corrected chi connectivity index (χ3v) is 5.57. The van der Waals surface area contributed by atoms with Gasteiger partial charge in [-0.25, -0.2) is 4.98 Å². The Morgan fingerprint density at radius 1 is 1.10 bits per heavy atom. The maximum atomic E-state index is 12.4. The number of aryl methyl sites for hydroxylation is 1. The average molecular weight is 396 g/mol. The molecule has 3 heterocycles. The number of benzene rings is 1. The molecule has 0 saturated carbocycles. The van der Waals surface area contributed by atoms with Gasteiger partial charge in [-0.15, -0.1) is 0 Å². The number of ether oxygens (including phenoxy) is 2. The van der Waals surface area contributed by atoms with Crippen LogP contribution in [0.1, 0.15) is 36.1 Å². The maximum Gasteiger partial charge on any atom is 0.248 e. The van der Waals surface area contributed by atoms with E-state index in [0.717, 1.165) is 54.4 Å². The van der Waals surface area contributed by atoms with Gasteiger partial charge in [-0.3, -0.25) is 4.79 Å². The molecule has 1 fully saturated rings. The van der Waals surface area contributed by atoms with Crippen LogP contribution < -0.4 is 9.64 Å². The summed E-state index contributed by atoms with van der Waals surface area (Å²) in [5, 5.41) is 0. The number of fused-ring (bicyclic) bond motifs is 1. The van der Waals surface area contributed by atoms with Crippen molar-refractivity contribution in [1.82, 2.24) is 14.9 Å². The number of carbonyl (C=O) groups is 1. The molecule has 1 saturated heterocycles. The van der Waals surface area contributed by atoms with Gasteiger partial charge in [-0.1, -0.05) is 18.2 Å². The molecule has 154 valence electrons. The molecule has 2 aliphatic heterocycles. The van der Waals surface area contributed by atoms with Gasteiger partial charge < -0.3 is 19.3 Å². The van der Waals surface area contributed by atoms with E-state index < -0.39 is 0 Å². The van der Waals surface area contributed by atoms with Crippen molar-refractivity contribution in [3.8, 4) is 11.6 Å². The number of nitrogens with zero attached hydrogens (tertiary/aromatic N) is 4. The molecule has 0 unspecified atom stereocenters. The zero-order valence-electron chi connectivity index (χ0n) is 17.2. The highest BCUT2D eigenvalue weighted by atomic mass is 16.5. The zero-order chi connectivity index (χ0) is 20.2. The van der Waals surface area contributed by atoms with Gasteiger partial charge in [-0.05, 0) is 37.8 Å². The largest absolute Gasteiger partial charge is 0.438 e. The number of amides is 1. The Labute approximate surface area is 171 Å². The molecule has 2 aliphatic rings. The van der Waals surface area contributed by atoms with E-state index in [0.29, 0.717) is 25.4 Å². The fourth-order valence-corrected chi connectivity index (χ4v) is 3.89. The van der Waals surface area contributed by atoms with E-state index in [1.165, 1.54) is 13.5 Å². The van der Waals surface area contributed by atoms with Crippen molar-refractivity contribution in [2.24, 2.45) is 0 Å². The van der Waals surface area contributed by atoms with Crippen molar-refractivity contribution in [3.63, 3.8) is 0 Å². The molecular formula is C22H28N4O3. The Hall–Kier alpha value is -2.67. The average Bonchev–Trinajstić information content (AvgIpc) is 2.75. The number of anilines is 1. The molecule has 4 rings (SSSR count). The van der Waals surface area contributed by atoms with E-state index in [-0.39, 0.29) is 12.5 Å². The Kier molecular flexibility index (Phi) is 5.94. The molecule has 1 aromatic carbocycles. The lowest BCUT2D eigenvalue weighted by Crippen LogP contribution is -2.39. The number of hydrogen-bond acceptors (Lipinski definition) is 6. The van der Waals surface area contributed by atoms with Crippen LogP contribution in [0.4, 0.5) is 5.95 Å². The van der Waals surface area contributed by atoms with E-state index in [2.05, 4.69) is 4.90 Å². The number of piperidine rings is 1. The molecule has 0 atom stereocenters. The van der Waals surface area contributed by atoms with Gasteiger partial charge in [0.25, 0.3) is 0 Å². The number of methoxy groups -OCH3 is 1. The van der Waals surface area contributed by atoms with Crippen molar-refractivity contribution in [2.75, 3.05) is 38.3 Å². The van der Waals surface area contributed by atoms with Crippen molar-refractivity contribution in [1.29, 1.82) is 0 Å². The summed E-state index contributed by atoms with van der Waals surface area (Å²) in [6, 6.07) is 7.90. The summed E-state index contributed by atoms with van der Waals surface area (Å²) < 4.78 is 11.3. The highest BCUT2D eigenvalue weighted by Gasteiger charge is 2.28. The quantitative estimate of drug-likeness (QED) is 0.774.